The van der Waals surface area contributed by atoms with Crippen LogP contribution in [0.2, 0.25) is 0 Å². The van der Waals surface area contributed by atoms with Crippen molar-refractivity contribution in [3.63, 3.8) is 0 Å². The Hall–Kier alpha value is -1.64. The van der Waals surface area contributed by atoms with Gasteiger partial charge in [0.1, 0.15) is 17.8 Å². The van der Waals surface area contributed by atoms with Gasteiger partial charge in [0, 0.05) is 11.8 Å². The molecule has 1 aromatic heterocycles. The minimum absolute atomic E-state index is 0.521. The summed E-state index contributed by atoms with van der Waals surface area (Å²) < 4.78 is 4.95. The maximum Gasteiger partial charge on any atom is 0.138 e. The summed E-state index contributed by atoms with van der Waals surface area (Å²) in [5.41, 5.74) is 1.51. The summed E-state index contributed by atoms with van der Waals surface area (Å²) in [5, 5.41) is 0. The summed E-state index contributed by atoms with van der Waals surface area (Å²) in [7, 11) is 1.55. The van der Waals surface area contributed by atoms with Crippen molar-refractivity contribution in [2.75, 3.05) is 7.11 Å². The highest BCUT2D eigenvalue weighted by Gasteiger charge is 2.03. The summed E-state index contributed by atoms with van der Waals surface area (Å²) >= 11 is 0. The summed E-state index contributed by atoms with van der Waals surface area (Å²) in [6, 6.07) is 0. The van der Waals surface area contributed by atoms with Crippen molar-refractivity contribution in [3.05, 3.63) is 36.9 Å². The van der Waals surface area contributed by atoms with Crippen LogP contribution in [0.25, 0.3) is 11.8 Å². The molecular formula is C11H16N2O. The summed E-state index contributed by atoms with van der Waals surface area (Å²) in [6.45, 7) is 11.3. The van der Waals surface area contributed by atoms with Crippen LogP contribution in [-0.4, -0.2) is 17.1 Å². The molecule has 0 unspecified atom stereocenters. The Kier molecular flexibility index (Phi) is 6.03. The van der Waals surface area contributed by atoms with Crippen LogP contribution >= 0.6 is 0 Å². The van der Waals surface area contributed by atoms with Crippen molar-refractivity contribution < 1.29 is 4.74 Å². The van der Waals surface area contributed by atoms with E-state index in [0.29, 0.717) is 11.5 Å². The molecule has 0 atom stereocenters. The van der Waals surface area contributed by atoms with E-state index in [0.717, 1.165) is 5.56 Å². The van der Waals surface area contributed by atoms with E-state index in [9.17, 15) is 0 Å². The lowest BCUT2D eigenvalue weighted by atomic mass is 10.2. The van der Waals surface area contributed by atoms with Gasteiger partial charge in [0.05, 0.1) is 7.11 Å². The van der Waals surface area contributed by atoms with Crippen molar-refractivity contribution in [2.24, 2.45) is 0 Å². The predicted octanol–water partition coefficient (Wildman–Crippen LogP) is 2.76. The number of nitrogens with zero attached hydrogens (tertiary/aromatic N) is 2. The molecule has 0 bridgehead atoms. The first kappa shape index (κ1) is 12.4. The van der Waals surface area contributed by atoms with Gasteiger partial charge in [0.15, 0.2) is 0 Å². The number of hydrogen-bond donors (Lipinski definition) is 0. The molecule has 0 amide bonds. The van der Waals surface area contributed by atoms with Gasteiger partial charge in [-0.25, -0.2) is 9.97 Å². The van der Waals surface area contributed by atoms with Gasteiger partial charge in [0.2, 0.25) is 0 Å². The second kappa shape index (κ2) is 6.83. The van der Waals surface area contributed by atoms with E-state index in [4.69, 9.17) is 4.74 Å². The highest BCUT2D eigenvalue weighted by molar-refractivity contribution is 5.64. The third kappa shape index (κ3) is 3.01. The molecule has 3 nitrogen and oxygen atoms in total. The van der Waals surface area contributed by atoms with Crippen LogP contribution in [0.5, 0.6) is 0 Å². The van der Waals surface area contributed by atoms with Gasteiger partial charge in [-0.2, -0.15) is 0 Å². The maximum absolute atomic E-state index is 4.95. The fourth-order valence-corrected chi connectivity index (χ4v) is 0.819. The molecule has 76 valence electrons. The zero-order valence-corrected chi connectivity index (χ0v) is 8.95. The SMILES string of the molecule is C=Cc1cncnc1C(=C)OC.CC. The fourth-order valence-electron chi connectivity index (χ4n) is 0.819. The van der Waals surface area contributed by atoms with Crippen LogP contribution in [0, 0.1) is 0 Å². The minimum Gasteiger partial charge on any atom is -0.495 e. The molecule has 1 aromatic rings. The Morgan fingerprint density at radius 3 is 2.64 bits per heavy atom. The largest absolute Gasteiger partial charge is 0.495 e. The smallest absolute Gasteiger partial charge is 0.138 e. The van der Waals surface area contributed by atoms with Gasteiger partial charge < -0.3 is 4.74 Å². The Morgan fingerprint density at radius 1 is 1.50 bits per heavy atom. The second-order valence-electron chi connectivity index (χ2n) is 2.16. The topological polar surface area (TPSA) is 35.0 Å². The minimum atomic E-state index is 0.521. The average Bonchev–Trinajstić information content (AvgIpc) is 2.30. The van der Waals surface area contributed by atoms with E-state index in [1.54, 1.807) is 19.4 Å². The first-order valence-corrected chi connectivity index (χ1v) is 4.45. The van der Waals surface area contributed by atoms with E-state index in [2.05, 4.69) is 23.1 Å². The van der Waals surface area contributed by atoms with Gasteiger partial charge in [-0.15, -0.1) is 0 Å². The number of rotatable bonds is 3. The van der Waals surface area contributed by atoms with Crippen LogP contribution in [0.15, 0.2) is 25.7 Å². The van der Waals surface area contributed by atoms with Crippen molar-refractivity contribution in [1.82, 2.24) is 9.97 Å². The van der Waals surface area contributed by atoms with Gasteiger partial charge in [-0.1, -0.05) is 33.1 Å². The molecule has 0 aliphatic carbocycles. The third-order valence-electron chi connectivity index (χ3n) is 1.47. The van der Waals surface area contributed by atoms with Gasteiger partial charge in [-0.05, 0) is 0 Å². The molecule has 1 rings (SSSR count). The first-order chi connectivity index (χ1) is 6.79. The van der Waals surface area contributed by atoms with Crippen molar-refractivity contribution >= 4 is 11.8 Å². The Bertz CT molecular complexity index is 308. The predicted molar refractivity (Wildman–Crippen MR) is 59.5 cm³/mol. The van der Waals surface area contributed by atoms with E-state index in [1.807, 2.05) is 13.8 Å². The average molecular weight is 192 g/mol. The van der Waals surface area contributed by atoms with Crippen LogP contribution in [-0.2, 0) is 4.74 Å². The number of methoxy groups -OCH3 is 1. The standard InChI is InChI=1S/C9H10N2O.C2H6/c1-4-8-5-10-6-11-9(8)7(2)12-3;1-2/h4-6H,1-2H2,3H3;1-2H3. The molecule has 0 saturated carbocycles. The zero-order chi connectivity index (χ0) is 11.0. The summed E-state index contributed by atoms with van der Waals surface area (Å²) in [5.74, 6) is 0.521. The molecular weight excluding hydrogens is 176 g/mol. The Labute approximate surface area is 85.2 Å². The lowest BCUT2D eigenvalue weighted by molar-refractivity contribution is 0.369. The molecule has 0 saturated heterocycles. The van der Waals surface area contributed by atoms with Crippen LogP contribution in [0.3, 0.4) is 0 Å². The molecule has 0 N–H and O–H groups in total. The monoisotopic (exact) mass is 192 g/mol. The first-order valence-electron chi connectivity index (χ1n) is 4.45. The molecule has 0 aliphatic heterocycles. The fraction of sp³-hybridized carbons (Fsp3) is 0.273. The Balaban J connectivity index is 0.000000791. The van der Waals surface area contributed by atoms with E-state index in [1.165, 1.54) is 6.33 Å². The molecule has 3 heteroatoms. The number of aromatic nitrogens is 2. The number of hydrogen-bond acceptors (Lipinski definition) is 3. The van der Waals surface area contributed by atoms with Crippen LogP contribution in [0.4, 0.5) is 0 Å². The second-order valence-corrected chi connectivity index (χ2v) is 2.16. The number of ether oxygens (including phenoxy) is 1. The van der Waals surface area contributed by atoms with Crippen LogP contribution < -0.4 is 0 Å². The lowest BCUT2D eigenvalue weighted by Gasteiger charge is -2.04. The van der Waals surface area contributed by atoms with Crippen molar-refractivity contribution in [2.45, 2.75) is 13.8 Å². The maximum atomic E-state index is 4.95. The molecule has 0 spiro atoms. The van der Waals surface area contributed by atoms with Gasteiger partial charge in [-0.3, -0.25) is 0 Å². The summed E-state index contributed by atoms with van der Waals surface area (Å²) in [4.78, 5) is 7.87. The van der Waals surface area contributed by atoms with Crippen molar-refractivity contribution in [1.29, 1.82) is 0 Å². The lowest BCUT2D eigenvalue weighted by Crippen LogP contribution is -1.94. The molecule has 0 radical (unpaired) electrons. The third-order valence-corrected chi connectivity index (χ3v) is 1.47. The highest BCUT2D eigenvalue weighted by atomic mass is 16.5. The summed E-state index contributed by atoms with van der Waals surface area (Å²) in [6.07, 6.45) is 4.78. The van der Waals surface area contributed by atoms with E-state index in [-0.39, 0.29) is 0 Å². The zero-order valence-electron chi connectivity index (χ0n) is 8.95. The van der Waals surface area contributed by atoms with Gasteiger partial charge in [0.25, 0.3) is 0 Å². The van der Waals surface area contributed by atoms with Crippen molar-refractivity contribution in [3.8, 4) is 0 Å². The van der Waals surface area contributed by atoms with E-state index < -0.39 is 0 Å². The molecule has 0 aromatic carbocycles. The quantitative estimate of drug-likeness (QED) is 0.691. The van der Waals surface area contributed by atoms with Gasteiger partial charge >= 0.3 is 0 Å². The molecule has 14 heavy (non-hydrogen) atoms. The highest BCUT2D eigenvalue weighted by Crippen LogP contribution is 2.14. The van der Waals surface area contributed by atoms with Crippen LogP contribution in [0.1, 0.15) is 25.1 Å². The van der Waals surface area contributed by atoms with E-state index >= 15 is 0 Å². The molecule has 0 fully saturated rings. The Morgan fingerprint density at radius 2 is 2.14 bits per heavy atom. The molecule has 0 aliphatic rings. The molecule has 1 heterocycles. The normalized spacial score (nSPS) is 8.21.